The first kappa shape index (κ1) is 17.0. The first-order valence-electron chi connectivity index (χ1n) is 7.71. The van der Waals surface area contributed by atoms with E-state index in [2.05, 4.69) is 24.1 Å². The van der Waals surface area contributed by atoms with Crippen LogP contribution in [0.2, 0.25) is 0 Å². The Balaban J connectivity index is 2.33. The quantitative estimate of drug-likeness (QED) is 0.714. The van der Waals surface area contributed by atoms with Gasteiger partial charge in [-0.1, -0.05) is 20.3 Å². The van der Waals surface area contributed by atoms with E-state index in [1.807, 2.05) is 0 Å². The average Bonchev–Trinajstić information content (AvgIpc) is 2.37. The van der Waals surface area contributed by atoms with Crippen molar-refractivity contribution in [2.24, 2.45) is 5.92 Å². The van der Waals surface area contributed by atoms with Gasteiger partial charge in [0.1, 0.15) is 0 Å². The topological polar surface area (TPSA) is 69.6 Å². The number of carbonyl (C=O) groups is 2. The second-order valence-electron chi connectivity index (χ2n) is 6.08. The summed E-state index contributed by atoms with van der Waals surface area (Å²) in [6.45, 7) is 6.31. The van der Waals surface area contributed by atoms with Crippen LogP contribution in [-0.4, -0.2) is 47.6 Å². The van der Waals surface area contributed by atoms with Gasteiger partial charge in [0, 0.05) is 19.0 Å². The van der Waals surface area contributed by atoms with Crippen molar-refractivity contribution in [3.63, 3.8) is 0 Å². The molecule has 5 heteroatoms. The average molecular weight is 284 g/mol. The zero-order valence-corrected chi connectivity index (χ0v) is 12.7. The lowest BCUT2D eigenvalue weighted by Crippen LogP contribution is -2.45. The number of hydrogen-bond acceptors (Lipinski definition) is 3. The summed E-state index contributed by atoms with van der Waals surface area (Å²) in [6, 6.07) is 0.246. The second-order valence-corrected chi connectivity index (χ2v) is 6.08. The van der Waals surface area contributed by atoms with Gasteiger partial charge in [-0.05, 0) is 38.1 Å². The van der Waals surface area contributed by atoms with Crippen molar-refractivity contribution in [3.8, 4) is 0 Å². The molecule has 1 aliphatic heterocycles. The lowest BCUT2D eigenvalue weighted by atomic mass is 9.98. The fourth-order valence-electron chi connectivity index (χ4n) is 2.63. The molecule has 2 N–H and O–H groups in total. The highest BCUT2D eigenvalue weighted by atomic mass is 16.4. The fourth-order valence-corrected chi connectivity index (χ4v) is 2.63. The highest BCUT2D eigenvalue weighted by Gasteiger charge is 2.24. The summed E-state index contributed by atoms with van der Waals surface area (Å²) < 4.78 is 0. The van der Waals surface area contributed by atoms with Gasteiger partial charge in [0.25, 0.3) is 0 Å². The summed E-state index contributed by atoms with van der Waals surface area (Å²) in [5.74, 6) is -0.0987. The van der Waals surface area contributed by atoms with Crippen molar-refractivity contribution in [1.82, 2.24) is 10.2 Å². The van der Waals surface area contributed by atoms with E-state index in [0.29, 0.717) is 18.9 Å². The third-order valence-corrected chi connectivity index (χ3v) is 3.83. The summed E-state index contributed by atoms with van der Waals surface area (Å²) in [7, 11) is 0. The Labute approximate surface area is 121 Å². The number of carbonyl (C=O) groups excluding carboxylic acids is 1. The molecule has 0 radical (unpaired) electrons. The molecule has 116 valence electrons. The van der Waals surface area contributed by atoms with E-state index in [-0.39, 0.29) is 18.4 Å². The molecule has 1 fully saturated rings. The maximum atomic E-state index is 11.9. The van der Waals surface area contributed by atoms with E-state index in [4.69, 9.17) is 5.11 Å². The molecule has 5 nitrogen and oxygen atoms in total. The van der Waals surface area contributed by atoms with Crippen LogP contribution in [0.4, 0.5) is 0 Å². The van der Waals surface area contributed by atoms with Gasteiger partial charge in [-0.25, -0.2) is 0 Å². The molecule has 1 amide bonds. The van der Waals surface area contributed by atoms with Crippen molar-refractivity contribution in [2.45, 2.75) is 58.4 Å². The summed E-state index contributed by atoms with van der Waals surface area (Å²) >= 11 is 0. The molecule has 1 rings (SSSR count). The number of nitrogens with one attached hydrogen (secondary N) is 1. The molecule has 1 atom stereocenters. The zero-order valence-electron chi connectivity index (χ0n) is 12.7. The Hall–Kier alpha value is -1.10. The first-order valence-corrected chi connectivity index (χ1v) is 7.71. The van der Waals surface area contributed by atoms with Crippen LogP contribution in [0.25, 0.3) is 0 Å². The lowest BCUT2D eigenvalue weighted by Gasteiger charge is -2.35. The Bertz CT molecular complexity index is 318. The monoisotopic (exact) mass is 284 g/mol. The largest absolute Gasteiger partial charge is 0.481 e. The summed E-state index contributed by atoms with van der Waals surface area (Å²) in [4.78, 5) is 24.7. The van der Waals surface area contributed by atoms with Gasteiger partial charge >= 0.3 is 5.97 Å². The van der Waals surface area contributed by atoms with Gasteiger partial charge in [-0.15, -0.1) is 0 Å². The molecule has 0 aromatic heterocycles. The number of piperidine rings is 1. The smallest absolute Gasteiger partial charge is 0.303 e. The van der Waals surface area contributed by atoms with Crippen LogP contribution >= 0.6 is 0 Å². The van der Waals surface area contributed by atoms with Crippen LogP contribution in [0.3, 0.4) is 0 Å². The van der Waals surface area contributed by atoms with E-state index in [1.165, 1.54) is 0 Å². The van der Waals surface area contributed by atoms with E-state index < -0.39 is 5.97 Å². The summed E-state index contributed by atoms with van der Waals surface area (Å²) in [5, 5.41) is 11.7. The highest BCUT2D eigenvalue weighted by Crippen LogP contribution is 2.20. The van der Waals surface area contributed by atoms with Crippen molar-refractivity contribution in [3.05, 3.63) is 0 Å². The Morgan fingerprint density at radius 2 is 2.10 bits per heavy atom. The van der Waals surface area contributed by atoms with E-state index in [9.17, 15) is 9.59 Å². The number of likely N-dealkylation sites (tertiary alicyclic amines) is 1. The predicted octanol–water partition coefficient (Wildman–Crippen LogP) is 1.87. The molecule has 0 spiro atoms. The third kappa shape index (κ3) is 6.89. The molecule has 1 aliphatic rings. The molecule has 1 saturated heterocycles. The Morgan fingerprint density at radius 3 is 2.75 bits per heavy atom. The minimum absolute atomic E-state index is 0.0628. The number of nitrogens with zero attached hydrogens (tertiary/aromatic N) is 1. The van der Waals surface area contributed by atoms with Crippen LogP contribution in [0.15, 0.2) is 0 Å². The van der Waals surface area contributed by atoms with E-state index >= 15 is 0 Å². The molecule has 0 bridgehead atoms. The van der Waals surface area contributed by atoms with Gasteiger partial charge in [-0.2, -0.15) is 0 Å². The molecule has 1 unspecified atom stereocenters. The number of amides is 1. The van der Waals surface area contributed by atoms with Gasteiger partial charge in [0.2, 0.25) is 5.91 Å². The Kier molecular flexibility index (Phi) is 7.59. The van der Waals surface area contributed by atoms with Crippen molar-refractivity contribution >= 4 is 11.9 Å². The molecule has 0 aliphatic carbocycles. The van der Waals surface area contributed by atoms with Crippen LogP contribution in [0, 0.1) is 5.92 Å². The minimum Gasteiger partial charge on any atom is -0.481 e. The van der Waals surface area contributed by atoms with Crippen molar-refractivity contribution in [2.75, 3.05) is 19.6 Å². The van der Waals surface area contributed by atoms with Gasteiger partial charge in [0.05, 0.1) is 6.54 Å². The number of hydrogen-bond donors (Lipinski definition) is 2. The minimum atomic E-state index is -0.753. The first-order chi connectivity index (χ1) is 9.49. The van der Waals surface area contributed by atoms with Gasteiger partial charge in [0.15, 0.2) is 0 Å². The predicted molar refractivity (Wildman–Crippen MR) is 78.5 cm³/mol. The van der Waals surface area contributed by atoms with E-state index in [0.717, 1.165) is 38.8 Å². The standard InChI is InChI=1S/C15H28N2O3/c1-12(2)8-9-16-14(18)11-17-10-4-3-5-13(17)6-7-15(19)20/h12-13H,3-11H2,1-2H3,(H,16,18)(H,19,20). The maximum absolute atomic E-state index is 11.9. The molecule has 20 heavy (non-hydrogen) atoms. The molecular weight excluding hydrogens is 256 g/mol. The zero-order chi connectivity index (χ0) is 15.0. The molecule has 1 heterocycles. The van der Waals surface area contributed by atoms with Crippen molar-refractivity contribution < 1.29 is 14.7 Å². The lowest BCUT2D eigenvalue weighted by molar-refractivity contribution is -0.137. The molecular formula is C15H28N2O3. The van der Waals surface area contributed by atoms with Crippen LogP contribution in [-0.2, 0) is 9.59 Å². The second kappa shape index (κ2) is 8.95. The van der Waals surface area contributed by atoms with Crippen molar-refractivity contribution in [1.29, 1.82) is 0 Å². The van der Waals surface area contributed by atoms with Gasteiger partial charge < -0.3 is 10.4 Å². The number of carboxylic acids is 1. The molecule has 0 aromatic rings. The number of rotatable bonds is 8. The SMILES string of the molecule is CC(C)CCNC(=O)CN1CCCCC1CCC(=O)O. The molecule has 0 saturated carbocycles. The molecule has 0 aromatic carbocycles. The highest BCUT2D eigenvalue weighted by molar-refractivity contribution is 5.78. The Morgan fingerprint density at radius 1 is 1.35 bits per heavy atom. The third-order valence-electron chi connectivity index (χ3n) is 3.83. The maximum Gasteiger partial charge on any atom is 0.303 e. The normalized spacial score (nSPS) is 20.1. The fraction of sp³-hybridized carbons (Fsp3) is 0.867. The number of carboxylic acid groups (broad SMARTS) is 1. The van der Waals surface area contributed by atoms with Gasteiger partial charge in [-0.3, -0.25) is 14.5 Å². The van der Waals surface area contributed by atoms with Crippen LogP contribution in [0.1, 0.15) is 52.4 Å². The van der Waals surface area contributed by atoms with Crippen LogP contribution in [0.5, 0.6) is 0 Å². The van der Waals surface area contributed by atoms with E-state index in [1.54, 1.807) is 0 Å². The summed E-state index contributed by atoms with van der Waals surface area (Å²) in [5.41, 5.74) is 0. The summed E-state index contributed by atoms with van der Waals surface area (Å²) in [6.07, 6.45) is 5.07. The van der Waals surface area contributed by atoms with Crippen LogP contribution < -0.4 is 5.32 Å². The number of aliphatic carboxylic acids is 1.